The van der Waals surface area contributed by atoms with Gasteiger partial charge in [0, 0.05) is 25.7 Å². The molecule has 3 N–H and O–H groups in total. The van der Waals surface area contributed by atoms with Crippen molar-refractivity contribution in [2.45, 2.75) is 18.8 Å². The van der Waals surface area contributed by atoms with Crippen molar-refractivity contribution in [2.24, 2.45) is 0 Å². The number of rotatable bonds is 3. The number of nitrogens with one attached hydrogen (secondary N) is 1. The van der Waals surface area contributed by atoms with Gasteiger partial charge in [-0.3, -0.25) is 4.79 Å². The number of H-pyrrole nitrogens is 1. The molecule has 8 heteroatoms. The number of aromatic nitrogens is 2. The molecule has 1 atom stereocenters. The van der Waals surface area contributed by atoms with Crippen molar-refractivity contribution in [2.75, 3.05) is 26.4 Å². The number of amides is 1. The van der Waals surface area contributed by atoms with Crippen molar-refractivity contribution < 1.29 is 9.53 Å². The van der Waals surface area contributed by atoms with Crippen LogP contribution in [0.4, 0.5) is 5.95 Å². The van der Waals surface area contributed by atoms with Crippen LogP contribution in [0.15, 0.2) is 21.1 Å². The molecule has 3 rings (SSSR count). The molecule has 24 heavy (non-hydrogen) atoms. The van der Waals surface area contributed by atoms with Crippen molar-refractivity contribution >= 4 is 43.7 Å². The molecule has 0 spiro atoms. The highest BCUT2D eigenvalue weighted by atomic mass is 79.9. The lowest BCUT2D eigenvalue weighted by Crippen LogP contribution is -2.32. The number of carbonyl (C=O) groups is 1. The molecule has 6 nitrogen and oxygen atoms in total. The minimum Gasteiger partial charge on any atom is -0.494 e. The number of hydrogen-bond donors (Lipinski definition) is 2. The lowest BCUT2D eigenvalue weighted by atomic mass is 9.94. The number of methoxy groups -OCH3 is 1. The number of hydrogen-bond acceptors (Lipinski definition) is 4. The molecule has 0 radical (unpaired) electrons. The fourth-order valence-corrected chi connectivity index (χ4v) is 4.65. The first kappa shape index (κ1) is 17.3. The van der Waals surface area contributed by atoms with Crippen LogP contribution in [0, 0.1) is 0 Å². The number of benzene rings is 1. The first-order chi connectivity index (χ1) is 11.4. The van der Waals surface area contributed by atoms with Crippen LogP contribution in [0.5, 0.6) is 5.75 Å². The third kappa shape index (κ3) is 3.17. The van der Waals surface area contributed by atoms with E-state index in [0.29, 0.717) is 18.9 Å². The van der Waals surface area contributed by atoms with Gasteiger partial charge in [-0.15, -0.1) is 0 Å². The Hall–Kier alpha value is -1.54. The summed E-state index contributed by atoms with van der Waals surface area (Å²) in [5.74, 6) is 0.795. The molecule has 0 bridgehead atoms. The lowest BCUT2D eigenvalue weighted by Gasteiger charge is -2.20. The van der Waals surface area contributed by atoms with Gasteiger partial charge in [0.1, 0.15) is 5.75 Å². The molecule has 1 unspecified atom stereocenters. The Balaban J connectivity index is 1.99. The maximum Gasteiger partial charge on any atom is 0.231 e. The fourth-order valence-electron chi connectivity index (χ4n) is 3.04. The van der Waals surface area contributed by atoms with Crippen molar-refractivity contribution in [3.63, 3.8) is 0 Å². The molecule has 1 amide bonds. The molecule has 1 aliphatic rings. The quantitative estimate of drug-likeness (QED) is 0.742. The summed E-state index contributed by atoms with van der Waals surface area (Å²) in [5.41, 5.74) is 8.52. The number of carbonyl (C=O) groups excluding carboxylic acids is 1. The number of nitrogen functional groups attached to an aromatic ring is 1. The number of fused-ring (bicyclic) bond motifs is 1. The summed E-state index contributed by atoms with van der Waals surface area (Å²) < 4.78 is 7.01. The largest absolute Gasteiger partial charge is 0.494 e. The number of nitrogens with two attached hydrogens (primary N) is 1. The molecule has 1 aliphatic heterocycles. The normalized spacial score (nSPS) is 17.6. The van der Waals surface area contributed by atoms with Crippen molar-refractivity contribution in [1.29, 1.82) is 0 Å². The predicted molar refractivity (Wildman–Crippen MR) is 99.2 cm³/mol. The Bertz CT molecular complexity index is 767. The monoisotopic (exact) mass is 456 g/mol. The Morgan fingerprint density at radius 1 is 1.42 bits per heavy atom. The third-order valence-corrected chi connectivity index (χ3v) is 5.41. The molecule has 2 aromatic rings. The SMILES string of the molecule is COc1c(Br)cc(CC2C(=O)N(C)CCc3[nH]c(N)nc32)cc1Br. The molecule has 1 aromatic heterocycles. The Labute approximate surface area is 157 Å². The summed E-state index contributed by atoms with van der Waals surface area (Å²) in [6.07, 6.45) is 1.27. The third-order valence-electron chi connectivity index (χ3n) is 4.23. The van der Waals surface area contributed by atoms with Gasteiger partial charge in [0.05, 0.1) is 27.7 Å². The van der Waals surface area contributed by atoms with Crippen LogP contribution in [-0.2, 0) is 17.6 Å². The molecular weight excluding hydrogens is 440 g/mol. The van der Waals surface area contributed by atoms with E-state index in [0.717, 1.165) is 38.1 Å². The van der Waals surface area contributed by atoms with Gasteiger partial charge in [-0.25, -0.2) is 4.98 Å². The number of anilines is 1. The van der Waals surface area contributed by atoms with Gasteiger partial charge in [-0.1, -0.05) is 0 Å². The number of imidazole rings is 1. The summed E-state index contributed by atoms with van der Waals surface area (Å²) in [7, 11) is 3.44. The van der Waals surface area contributed by atoms with E-state index >= 15 is 0 Å². The lowest BCUT2D eigenvalue weighted by molar-refractivity contribution is -0.131. The van der Waals surface area contributed by atoms with Crippen LogP contribution in [0.25, 0.3) is 0 Å². The molecule has 128 valence electrons. The number of likely N-dealkylation sites (N-methyl/N-ethyl adjacent to an activating group) is 1. The Morgan fingerprint density at radius 3 is 2.71 bits per heavy atom. The van der Waals surface area contributed by atoms with E-state index in [1.165, 1.54) is 0 Å². The van der Waals surface area contributed by atoms with Gasteiger partial charge >= 0.3 is 0 Å². The highest BCUT2D eigenvalue weighted by Gasteiger charge is 2.32. The van der Waals surface area contributed by atoms with Crippen LogP contribution in [-0.4, -0.2) is 41.5 Å². The van der Waals surface area contributed by atoms with Gasteiger partial charge in [-0.05, 0) is 56.0 Å². The van der Waals surface area contributed by atoms with Gasteiger partial charge in [0.15, 0.2) is 5.95 Å². The number of nitrogens with zero attached hydrogens (tertiary/aromatic N) is 2. The maximum absolute atomic E-state index is 12.8. The zero-order valence-electron chi connectivity index (χ0n) is 13.4. The molecule has 1 aromatic carbocycles. The molecular formula is C16H18Br2N4O2. The van der Waals surface area contributed by atoms with E-state index in [9.17, 15) is 4.79 Å². The molecule has 2 heterocycles. The van der Waals surface area contributed by atoms with E-state index in [1.54, 1.807) is 12.0 Å². The Morgan fingerprint density at radius 2 is 2.08 bits per heavy atom. The number of halogens is 2. The van der Waals surface area contributed by atoms with E-state index in [-0.39, 0.29) is 11.8 Å². The second-order valence-corrected chi connectivity index (χ2v) is 7.55. The predicted octanol–water partition coefficient (Wildman–Crippen LogP) is 2.87. The minimum absolute atomic E-state index is 0.0586. The fraction of sp³-hybridized carbons (Fsp3) is 0.375. The van der Waals surface area contributed by atoms with Crippen molar-refractivity contribution in [3.05, 3.63) is 38.0 Å². The van der Waals surface area contributed by atoms with Crippen LogP contribution >= 0.6 is 31.9 Å². The van der Waals surface area contributed by atoms with E-state index in [1.807, 2.05) is 19.2 Å². The van der Waals surface area contributed by atoms with Crippen LogP contribution in [0.3, 0.4) is 0 Å². The van der Waals surface area contributed by atoms with Crippen molar-refractivity contribution in [3.8, 4) is 5.75 Å². The van der Waals surface area contributed by atoms with Gasteiger partial charge in [-0.2, -0.15) is 0 Å². The van der Waals surface area contributed by atoms with Crippen LogP contribution in [0.1, 0.15) is 22.9 Å². The van der Waals surface area contributed by atoms with Gasteiger partial charge in [0.25, 0.3) is 0 Å². The summed E-state index contributed by atoms with van der Waals surface area (Å²) in [6, 6.07) is 3.94. The van der Waals surface area contributed by atoms with Crippen LogP contribution in [0.2, 0.25) is 0 Å². The average Bonchev–Trinajstić information content (AvgIpc) is 2.85. The summed E-state index contributed by atoms with van der Waals surface area (Å²) in [4.78, 5) is 22.0. The summed E-state index contributed by atoms with van der Waals surface area (Å²) in [5, 5.41) is 0. The highest BCUT2D eigenvalue weighted by molar-refractivity contribution is 9.11. The summed E-state index contributed by atoms with van der Waals surface area (Å²) >= 11 is 7.02. The van der Waals surface area contributed by atoms with Gasteiger partial charge in [0.2, 0.25) is 5.91 Å². The molecule has 0 fully saturated rings. The van der Waals surface area contributed by atoms with Crippen LogP contribution < -0.4 is 10.5 Å². The molecule has 0 saturated heterocycles. The standard InChI is InChI=1S/C16H18Br2N4O2/c1-22-4-3-12-13(21-16(19)20-12)9(15(22)23)5-8-6-10(17)14(24-2)11(18)7-8/h6-7,9H,3-5H2,1-2H3,(H3,19,20,21). The average molecular weight is 458 g/mol. The number of aromatic amines is 1. The Kier molecular flexibility index (Phi) is 4.87. The first-order valence-electron chi connectivity index (χ1n) is 7.51. The molecule has 0 aliphatic carbocycles. The minimum atomic E-state index is -0.353. The zero-order valence-corrected chi connectivity index (χ0v) is 16.6. The topological polar surface area (TPSA) is 84.2 Å². The second-order valence-electron chi connectivity index (χ2n) is 5.85. The number of ether oxygens (including phenoxy) is 1. The van der Waals surface area contributed by atoms with Gasteiger partial charge < -0.3 is 20.4 Å². The summed E-state index contributed by atoms with van der Waals surface area (Å²) in [6.45, 7) is 0.653. The zero-order chi connectivity index (χ0) is 17.4. The van der Waals surface area contributed by atoms with E-state index < -0.39 is 0 Å². The maximum atomic E-state index is 12.8. The smallest absolute Gasteiger partial charge is 0.231 e. The second kappa shape index (κ2) is 6.76. The molecule has 0 saturated carbocycles. The van der Waals surface area contributed by atoms with E-state index in [4.69, 9.17) is 10.5 Å². The van der Waals surface area contributed by atoms with Crippen molar-refractivity contribution in [1.82, 2.24) is 14.9 Å². The first-order valence-corrected chi connectivity index (χ1v) is 9.10. The highest BCUT2D eigenvalue weighted by Crippen LogP contribution is 2.36. The van der Waals surface area contributed by atoms with E-state index in [2.05, 4.69) is 41.8 Å².